The van der Waals surface area contributed by atoms with Gasteiger partial charge in [-0.05, 0) is 25.1 Å². The van der Waals surface area contributed by atoms with Crippen molar-refractivity contribution in [1.82, 2.24) is 10.3 Å². The number of pyridine rings is 1. The van der Waals surface area contributed by atoms with E-state index in [1.807, 2.05) is 6.92 Å². The summed E-state index contributed by atoms with van der Waals surface area (Å²) in [6.07, 6.45) is 1.58. The van der Waals surface area contributed by atoms with Crippen molar-refractivity contribution in [3.63, 3.8) is 0 Å². The van der Waals surface area contributed by atoms with Gasteiger partial charge < -0.3 is 10.6 Å². The lowest BCUT2D eigenvalue weighted by molar-refractivity contribution is 0.0951. The number of halogens is 2. The maximum absolute atomic E-state index is 13.5. The second kappa shape index (κ2) is 6.78. The number of amides is 1. The molecule has 0 bridgehead atoms. The molecule has 0 atom stereocenters. The third kappa shape index (κ3) is 3.75. The van der Waals surface area contributed by atoms with Crippen LogP contribution in [0.5, 0.6) is 0 Å². The second-order valence-corrected chi connectivity index (χ2v) is 4.35. The summed E-state index contributed by atoms with van der Waals surface area (Å²) < 4.78 is 26.3. The number of hydrogen-bond donors (Lipinski definition) is 2. The van der Waals surface area contributed by atoms with Crippen LogP contribution < -0.4 is 10.6 Å². The first-order valence-electron chi connectivity index (χ1n) is 6.53. The first-order chi connectivity index (χ1) is 10.1. The van der Waals surface area contributed by atoms with Gasteiger partial charge in [0.25, 0.3) is 5.91 Å². The van der Waals surface area contributed by atoms with Crippen LogP contribution in [0, 0.1) is 11.6 Å². The Hall–Kier alpha value is -2.50. The van der Waals surface area contributed by atoms with Crippen LogP contribution in [0.4, 0.5) is 14.6 Å². The molecule has 0 spiro atoms. The Balaban J connectivity index is 2.08. The molecule has 4 nitrogen and oxygen atoms in total. The zero-order valence-corrected chi connectivity index (χ0v) is 11.5. The molecule has 1 heterocycles. The fraction of sp³-hybridized carbons (Fsp3) is 0.200. The lowest BCUT2D eigenvalue weighted by atomic mass is 10.2. The summed E-state index contributed by atoms with van der Waals surface area (Å²) >= 11 is 0. The number of benzene rings is 1. The van der Waals surface area contributed by atoms with E-state index in [2.05, 4.69) is 15.6 Å². The smallest absolute Gasteiger partial charge is 0.255 e. The quantitative estimate of drug-likeness (QED) is 0.890. The molecule has 6 heteroatoms. The predicted octanol–water partition coefficient (Wildman–Crippen LogP) is 2.72. The van der Waals surface area contributed by atoms with Gasteiger partial charge in [-0.25, -0.2) is 13.8 Å². The molecule has 0 aliphatic rings. The van der Waals surface area contributed by atoms with Crippen LogP contribution in [-0.4, -0.2) is 17.4 Å². The highest BCUT2D eigenvalue weighted by Crippen LogP contribution is 2.12. The minimum atomic E-state index is -0.687. The molecule has 0 unspecified atom stereocenters. The van der Waals surface area contributed by atoms with Gasteiger partial charge in [-0.15, -0.1) is 0 Å². The van der Waals surface area contributed by atoms with E-state index in [-0.39, 0.29) is 18.0 Å². The molecule has 0 fully saturated rings. The lowest BCUT2D eigenvalue weighted by Gasteiger charge is -2.10. The van der Waals surface area contributed by atoms with Crippen molar-refractivity contribution in [3.05, 3.63) is 59.3 Å². The number of hydrogen-bond acceptors (Lipinski definition) is 3. The normalized spacial score (nSPS) is 10.2. The third-order valence-corrected chi connectivity index (χ3v) is 2.85. The minimum absolute atomic E-state index is 0.0224. The molecule has 2 rings (SSSR count). The number of rotatable bonds is 5. The molecule has 1 aromatic carbocycles. The van der Waals surface area contributed by atoms with Gasteiger partial charge in [0.1, 0.15) is 17.5 Å². The van der Waals surface area contributed by atoms with Crippen LogP contribution in [0.25, 0.3) is 0 Å². The van der Waals surface area contributed by atoms with Crippen LogP contribution in [0.2, 0.25) is 0 Å². The van der Waals surface area contributed by atoms with Crippen molar-refractivity contribution in [2.75, 3.05) is 11.9 Å². The van der Waals surface area contributed by atoms with Gasteiger partial charge in [0.05, 0.1) is 5.56 Å². The molecule has 1 aromatic heterocycles. The molecule has 21 heavy (non-hydrogen) atoms. The largest absolute Gasteiger partial charge is 0.370 e. The molecule has 0 saturated heterocycles. The summed E-state index contributed by atoms with van der Waals surface area (Å²) in [6.45, 7) is 2.50. The monoisotopic (exact) mass is 291 g/mol. The zero-order chi connectivity index (χ0) is 15.2. The van der Waals surface area contributed by atoms with Crippen molar-refractivity contribution < 1.29 is 13.6 Å². The number of aromatic nitrogens is 1. The van der Waals surface area contributed by atoms with Crippen LogP contribution in [0.3, 0.4) is 0 Å². The Morgan fingerprint density at radius 1 is 1.29 bits per heavy atom. The molecule has 2 N–H and O–H groups in total. The fourth-order valence-corrected chi connectivity index (χ4v) is 1.83. The van der Waals surface area contributed by atoms with Gasteiger partial charge in [-0.3, -0.25) is 4.79 Å². The first kappa shape index (κ1) is 14.9. The predicted molar refractivity (Wildman–Crippen MR) is 75.9 cm³/mol. The van der Waals surface area contributed by atoms with Gasteiger partial charge in [0, 0.05) is 30.9 Å². The summed E-state index contributed by atoms with van der Waals surface area (Å²) in [7, 11) is 0. The molecular formula is C15H15F2N3O. The molecule has 0 aliphatic carbocycles. The average Bonchev–Trinajstić information content (AvgIpc) is 2.47. The van der Waals surface area contributed by atoms with E-state index in [1.54, 1.807) is 18.3 Å². The summed E-state index contributed by atoms with van der Waals surface area (Å²) in [5.41, 5.74) is 0.598. The Morgan fingerprint density at radius 2 is 2.10 bits per heavy atom. The topological polar surface area (TPSA) is 54.0 Å². The van der Waals surface area contributed by atoms with E-state index < -0.39 is 11.6 Å². The summed E-state index contributed by atoms with van der Waals surface area (Å²) in [6, 6.07) is 6.52. The van der Waals surface area contributed by atoms with Crippen molar-refractivity contribution >= 4 is 11.7 Å². The van der Waals surface area contributed by atoms with Gasteiger partial charge >= 0.3 is 0 Å². The summed E-state index contributed by atoms with van der Waals surface area (Å²) in [5.74, 6) is -1.24. The fourth-order valence-electron chi connectivity index (χ4n) is 1.83. The van der Waals surface area contributed by atoms with Crippen LogP contribution in [0.15, 0.2) is 36.5 Å². The Labute approximate surface area is 121 Å². The number of carbonyl (C=O) groups is 1. The average molecular weight is 291 g/mol. The van der Waals surface area contributed by atoms with Crippen LogP contribution in [0.1, 0.15) is 22.8 Å². The second-order valence-electron chi connectivity index (χ2n) is 4.35. The molecule has 0 aliphatic heterocycles. The SMILES string of the molecule is CCNc1ncccc1C(=O)NCc1ccc(F)cc1F. The number of anilines is 1. The first-order valence-corrected chi connectivity index (χ1v) is 6.53. The van der Waals surface area contributed by atoms with Crippen molar-refractivity contribution in [2.45, 2.75) is 13.5 Å². The molecular weight excluding hydrogens is 276 g/mol. The molecule has 110 valence electrons. The zero-order valence-electron chi connectivity index (χ0n) is 11.5. The van der Waals surface area contributed by atoms with E-state index in [0.717, 1.165) is 12.1 Å². The van der Waals surface area contributed by atoms with Crippen LogP contribution >= 0.6 is 0 Å². The lowest BCUT2D eigenvalue weighted by Crippen LogP contribution is -2.24. The van der Waals surface area contributed by atoms with E-state index in [0.29, 0.717) is 17.9 Å². The van der Waals surface area contributed by atoms with Gasteiger partial charge in [-0.1, -0.05) is 6.07 Å². The standard InChI is InChI=1S/C15H15F2N3O/c1-2-18-14-12(4-3-7-19-14)15(21)20-9-10-5-6-11(16)8-13(10)17/h3-8H,2,9H2,1H3,(H,18,19)(H,20,21). The number of nitrogens with zero attached hydrogens (tertiary/aromatic N) is 1. The molecule has 1 amide bonds. The molecule has 0 saturated carbocycles. The highest BCUT2D eigenvalue weighted by atomic mass is 19.1. The van der Waals surface area contributed by atoms with E-state index >= 15 is 0 Å². The van der Waals surface area contributed by atoms with Crippen molar-refractivity contribution in [2.24, 2.45) is 0 Å². The maximum Gasteiger partial charge on any atom is 0.255 e. The Morgan fingerprint density at radius 3 is 2.81 bits per heavy atom. The highest BCUT2D eigenvalue weighted by molar-refractivity contribution is 5.98. The molecule has 0 radical (unpaired) electrons. The van der Waals surface area contributed by atoms with Gasteiger partial charge in [-0.2, -0.15) is 0 Å². The maximum atomic E-state index is 13.5. The number of nitrogens with one attached hydrogen (secondary N) is 2. The Kier molecular flexibility index (Phi) is 4.81. The highest BCUT2D eigenvalue weighted by Gasteiger charge is 2.12. The minimum Gasteiger partial charge on any atom is -0.370 e. The third-order valence-electron chi connectivity index (χ3n) is 2.85. The van der Waals surface area contributed by atoms with E-state index in [4.69, 9.17) is 0 Å². The Bertz CT molecular complexity index is 647. The van der Waals surface area contributed by atoms with Gasteiger partial charge in [0.2, 0.25) is 0 Å². The number of carbonyl (C=O) groups excluding carboxylic acids is 1. The summed E-state index contributed by atoms with van der Waals surface area (Å²) in [5, 5.41) is 5.57. The molecule has 2 aromatic rings. The summed E-state index contributed by atoms with van der Waals surface area (Å²) in [4.78, 5) is 16.2. The van der Waals surface area contributed by atoms with E-state index in [1.165, 1.54) is 6.07 Å². The van der Waals surface area contributed by atoms with Crippen molar-refractivity contribution in [3.8, 4) is 0 Å². The van der Waals surface area contributed by atoms with E-state index in [9.17, 15) is 13.6 Å². The van der Waals surface area contributed by atoms with Crippen molar-refractivity contribution in [1.29, 1.82) is 0 Å². The van der Waals surface area contributed by atoms with Gasteiger partial charge in [0.15, 0.2) is 0 Å². The van der Waals surface area contributed by atoms with Crippen LogP contribution in [-0.2, 0) is 6.54 Å².